The van der Waals surface area contributed by atoms with Gasteiger partial charge in [0.25, 0.3) is 0 Å². The van der Waals surface area contributed by atoms with Gasteiger partial charge in [0.1, 0.15) is 18.5 Å². The Labute approximate surface area is 94.5 Å². The lowest BCUT2D eigenvalue weighted by Gasteiger charge is -2.15. The second-order valence-electron chi connectivity index (χ2n) is 3.59. The Morgan fingerprint density at radius 3 is 2.88 bits per heavy atom. The number of nitrogens with two attached hydrogens (primary N) is 1. The van der Waals surface area contributed by atoms with Crippen molar-refractivity contribution in [3.63, 3.8) is 0 Å². The quantitative estimate of drug-likeness (QED) is 0.541. The van der Waals surface area contributed by atoms with Crippen LogP contribution in [0.2, 0.25) is 0 Å². The van der Waals surface area contributed by atoms with Crippen molar-refractivity contribution in [2.45, 2.75) is 24.6 Å². The highest BCUT2D eigenvalue weighted by molar-refractivity contribution is 5.10. The molecule has 1 saturated heterocycles. The molecule has 4 atom stereocenters. The first-order chi connectivity index (χ1) is 8.04. The summed E-state index contributed by atoms with van der Waals surface area (Å²) in [6.45, 7) is -0.598. The number of aliphatic hydroxyl groups is 2. The van der Waals surface area contributed by atoms with Crippen molar-refractivity contribution in [2.24, 2.45) is 0 Å². The average molecular weight is 246 g/mol. The molecule has 0 aliphatic carbocycles. The summed E-state index contributed by atoms with van der Waals surface area (Å²) >= 11 is 0. The van der Waals surface area contributed by atoms with E-state index in [2.05, 4.69) is 9.97 Å². The number of aliphatic hydroxyl groups excluding tert-OH is 2. The molecule has 94 valence electrons. The predicted molar refractivity (Wildman–Crippen MR) is 52.6 cm³/mol. The number of ether oxygens (including phenoxy) is 1. The van der Waals surface area contributed by atoms with Crippen LogP contribution in [-0.2, 0) is 4.74 Å². The smallest absolute Gasteiger partial charge is 0.354 e. The molecule has 2 rings (SSSR count). The molecule has 1 aromatic rings. The lowest BCUT2D eigenvalue weighted by Crippen LogP contribution is -2.34. The maximum atomic E-state index is 13.4. The Balaban J connectivity index is 2.32. The summed E-state index contributed by atoms with van der Waals surface area (Å²) in [6, 6.07) is 0. The predicted octanol–water partition coefficient (Wildman–Crippen LogP) is -2.19. The average Bonchev–Trinajstić information content (AvgIpc) is 2.57. The fourth-order valence-electron chi connectivity index (χ4n) is 1.62. The van der Waals surface area contributed by atoms with E-state index >= 15 is 0 Å². The second-order valence-corrected chi connectivity index (χ2v) is 3.59. The van der Waals surface area contributed by atoms with Crippen molar-refractivity contribution in [2.75, 3.05) is 12.3 Å². The Morgan fingerprint density at radius 1 is 1.65 bits per heavy atom. The molecule has 2 heterocycles. The molecule has 1 aliphatic rings. The minimum absolute atomic E-state index is 0.228. The zero-order chi connectivity index (χ0) is 12.6. The van der Waals surface area contributed by atoms with Gasteiger partial charge in [0.2, 0.25) is 5.95 Å². The van der Waals surface area contributed by atoms with Crippen LogP contribution in [0, 0.1) is 0 Å². The summed E-state index contributed by atoms with van der Waals surface area (Å²) in [6.07, 6.45) is -4.80. The van der Waals surface area contributed by atoms with Gasteiger partial charge >= 0.3 is 5.69 Å². The maximum Gasteiger partial charge on any atom is 0.354 e. The van der Waals surface area contributed by atoms with E-state index in [0.29, 0.717) is 0 Å². The highest BCUT2D eigenvalue weighted by atomic mass is 19.1. The SMILES string of the molecule is Nc1ncn([C@@H]2O[C@H](CO)[C@@H](F)[C@H]2O)c(=O)n1. The van der Waals surface area contributed by atoms with Gasteiger partial charge in [-0.15, -0.1) is 0 Å². The number of hydrogen-bond acceptors (Lipinski definition) is 7. The van der Waals surface area contributed by atoms with Crippen LogP contribution in [0.3, 0.4) is 0 Å². The van der Waals surface area contributed by atoms with Gasteiger partial charge in [-0.1, -0.05) is 0 Å². The first-order valence-corrected chi connectivity index (χ1v) is 4.83. The number of rotatable bonds is 2. The van der Waals surface area contributed by atoms with Gasteiger partial charge in [-0.3, -0.25) is 4.57 Å². The number of nitrogen functional groups attached to an aromatic ring is 1. The van der Waals surface area contributed by atoms with Gasteiger partial charge in [0.05, 0.1) is 6.61 Å². The molecule has 17 heavy (non-hydrogen) atoms. The third-order valence-corrected chi connectivity index (χ3v) is 2.49. The molecule has 1 aliphatic heterocycles. The molecule has 0 bridgehead atoms. The Hall–Kier alpha value is -1.58. The molecule has 1 fully saturated rings. The molecule has 4 N–H and O–H groups in total. The van der Waals surface area contributed by atoms with E-state index in [1.807, 2.05) is 0 Å². The highest BCUT2D eigenvalue weighted by Gasteiger charge is 2.45. The largest absolute Gasteiger partial charge is 0.394 e. The Bertz CT molecular complexity index is 467. The Kier molecular flexibility index (Phi) is 3.05. The standard InChI is InChI=1S/C8H11FN4O4/c9-4-3(1-14)17-6(5(4)15)13-2-11-7(10)12-8(13)16/h2-6,14-15H,1H2,(H2,10,12,16)/t3-,4-,5-,6-/m1/s1. The maximum absolute atomic E-state index is 13.4. The minimum atomic E-state index is -1.78. The van der Waals surface area contributed by atoms with Crippen molar-refractivity contribution in [1.29, 1.82) is 0 Å². The van der Waals surface area contributed by atoms with E-state index in [1.165, 1.54) is 0 Å². The lowest BCUT2D eigenvalue weighted by molar-refractivity contribution is -0.0542. The zero-order valence-corrected chi connectivity index (χ0v) is 8.60. The first kappa shape index (κ1) is 11.9. The molecule has 9 heteroatoms. The molecule has 0 amide bonds. The molecular formula is C8H11FN4O4. The molecule has 0 saturated carbocycles. The topological polar surface area (TPSA) is 123 Å². The summed E-state index contributed by atoms with van der Waals surface area (Å²) in [7, 11) is 0. The van der Waals surface area contributed by atoms with Crippen molar-refractivity contribution in [3.05, 3.63) is 16.8 Å². The van der Waals surface area contributed by atoms with Crippen LogP contribution >= 0.6 is 0 Å². The number of alkyl halides is 1. The number of hydrogen-bond donors (Lipinski definition) is 3. The van der Waals surface area contributed by atoms with Crippen molar-refractivity contribution < 1.29 is 19.3 Å². The van der Waals surface area contributed by atoms with E-state index in [-0.39, 0.29) is 5.95 Å². The summed E-state index contributed by atoms with van der Waals surface area (Å²) in [4.78, 5) is 18.3. The van der Waals surface area contributed by atoms with Crippen LogP contribution < -0.4 is 11.4 Å². The summed E-state index contributed by atoms with van der Waals surface area (Å²) in [5.41, 5.74) is 4.38. The molecular weight excluding hydrogens is 235 g/mol. The van der Waals surface area contributed by atoms with Crippen LogP contribution in [0.5, 0.6) is 0 Å². The van der Waals surface area contributed by atoms with E-state index in [0.717, 1.165) is 10.9 Å². The van der Waals surface area contributed by atoms with E-state index in [1.54, 1.807) is 0 Å². The van der Waals surface area contributed by atoms with Crippen molar-refractivity contribution in [1.82, 2.24) is 14.5 Å². The third-order valence-electron chi connectivity index (χ3n) is 2.49. The summed E-state index contributed by atoms with van der Waals surface area (Å²) in [5.74, 6) is -0.228. The van der Waals surface area contributed by atoms with Gasteiger partial charge < -0.3 is 20.7 Å². The molecule has 1 aromatic heterocycles. The molecule has 0 aromatic carbocycles. The van der Waals surface area contributed by atoms with Crippen molar-refractivity contribution in [3.8, 4) is 0 Å². The van der Waals surface area contributed by atoms with Crippen LogP contribution in [0.15, 0.2) is 11.1 Å². The fourth-order valence-corrected chi connectivity index (χ4v) is 1.62. The van der Waals surface area contributed by atoms with E-state index in [4.69, 9.17) is 15.6 Å². The zero-order valence-electron chi connectivity index (χ0n) is 8.60. The third kappa shape index (κ3) is 1.99. The van der Waals surface area contributed by atoms with Gasteiger partial charge in [0.15, 0.2) is 12.4 Å². The lowest BCUT2D eigenvalue weighted by atomic mass is 10.1. The minimum Gasteiger partial charge on any atom is -0.394 e. The molecule has 0 spiro atoms. The summed E-state index contributed by atoms with van der Waals surface area (Å²) < 4.78 is 19.2. The number of aromatic nitrogens is 3. The van der Waals surface area contributed by atoms with Crippen molar-refractivity contribution >= 4 is 5.95 Å². The van der Waals surface area contributed by atoms with Crippen LogP contribution in [0.1, 0.15) is 6.23 Å². The molecule has 8 nitrogen and oxygen atoms in total. The van der Waals surface area contributed by atoms with E-state index in [9.17, 15) is 14.3 Å². The number of halogens is 1. The Morgan fingerprint density at radius 2 is 2.35 bits per heavy atom. The van der Waals surface area contributed by atoms with Gasteiger partial charge in [0, 0.05) is 0 Å². The normalized spacial score (nSPS) is 32.9. The second kappa shape index (κ2) is 4.35. The van der Waals surface area contributed by atoms with Gasteiger partial charge in [-0.05, 0) is 0 Å². The van der Waals surface area contributed by atoms with E-state index < -0.39 is 36.9 Å². The van der Waals surface area contributed by atoms with Crippen LogP contribution in [0.4, 0.5) is 10.3 Å². The monoisotopic (exact) mass is 246 g/mol. The number of nitrogens with zero attached hydrogens (tertiary/aromatic N) is 3. The number of anilines is 1. The highest BCUT2D eigenvalue weighted by Crippen LogP contribution is 2.29. The van der Waals surface area contributed by atoms with Gasteiger partial charge in [-0.2, -0.15) is 4.98 Å². The van der Waals surface area contributed by atoms with Crippen LogP contribution in [0.25, 0.3) is 0 Å². The first-order valence-electron chi connectivity index (χ1n) is 4.83. The molecule has 0 radical (unpaired) electrons. The summed E-state index contributed by atoms with van der Waals surface area (Å²) in [5, 5.41) is 18.4. The van der Waals surface area contributed by atoms with Gasteiger partial charge in [-0.25, -0.2) is 14.2 Å². The molecule has 0 unspecified atom stereocenters. The fraction of sp³-hybridized carbons (Fsp3) is 0.625. The van der Waals surface area contributed by atoms with Crippen LogP contribution in [-0.4, -0.2) is 49.7 Å².